The number of amides is 1. The molecule has 0 radical (unpaired) electrons. The molecule has 1 aliphatic carbocycles. The van der Waals surface area contributed by atoms with Crippen molar-refractivity contribution >= 4 is 17.5 Å². The molecule has 1 N–H and O–H groups in total. The highest BCUT2D eigenvalue weighted by Gasteiger charge is 2.31. The standard InChI is InChI=1S/C15H20ClNO/c1-15(2,11-6-5-7-12(16)10-11)14(18)17-13-8-3-4-9-13/h5-7,10,13H,3-4,8-9H2,1-2H3,(H,17,18). The third-order valence-corrected chi connectivity index (χ3v) is 4.04. The summed E-state index contributed by atoms with van der Waals surface area (Å²) in [5.74, 6) is 0.0941. The lowest BCUT2D eigenvalue weighted by atomic mass is 9.83. The molecule has 0 aromatic heterocycles. The van der Waals surface area contributed by atoms with Gasteiger partial charge in [0.25, 0.3) is 0 Å². The van der Waals surface area contributed by atoms with Gasteiger partial charge >= 0.3 is 0 Å². The fourth-order valence-electron chi connectivity index (χ4n) is 2.44. The average Bonchev–Trinajstić information content (AvgIpc) is 2.81. The van der Waals surface area contributed by atoms with Crippen molar-refractivity contribution in [1.82, 2.24) is 5.32 Å². The van der Waals surface area contributed by atoms with Gasteiger partial charge in [-0.25, -0.2) is 0 Å². The maximum atomic E-state index is 12.4. The first-order valence-corrected chi connectivity index (χ1v) is 6.95. The molecule has 3 heteroatoms. The van der Waals surface area contributed by atoms with Crippen LogP contribution in [0.5, 0.6) is 0 Å². The van der Waals surface area contributed by atoms with Crippen LogP contribution in [0.2, 0.25) is 5.02 Å². The Morgan fingerprint density at radius 1 is 1.33 bits per heavy atom. The van der Waals surface area contributed by atoms with Crippen molar-refractivity contribution in [1.29, 1.82) is 0 Å². The Morgan fingerprint density at radius 2 is 2.00 bits per heavy atom. The van der Waals surface area contributed by atoms with E-state index in [1.807, 2.05) is 38.1 Å². The van der Waals surface area contributed by atoms with Gasteiger partial charge in [0.2, 0.25) is 5.91 Å². The molecule has 0 aliphatic heterocycles. The molecule has 2 rings (SSSR count). The Kier molecular flexibility index (Phi) is 3.96. The molecule has 0 heterocycles. The Labute approximate surface area is 114 Å². The summed E-state index contributed by atoms with van der Waals surface area (Å²) < 4.78 is 0. The van der Waals surface area contributed by atoms with Crippen molar-refractivity contribution in [2.45, 2.75) is 51.0 Å². The van der Waals surface area contributed by atoms with Gasteiger partial charge in [-0.3, -0.25) is 4.79 Å². The molecule has 1 fully saturated rings. The topological polar surface area (TPSA) is 29.1 Å². The molecule has 1 aromatic rings. The highest BCUT2D eigenvalue weighted by atomic mass is 35.5. The van der Waals surface area contributed by atoms with E-state index in [4.69, 9.17) is 11.6 Å². The van der Waals surface area contributed by atoms with E-state index in [9.17, 15) is 4.79 Å². The largest absolute Gasteiger partial charge is 0.353 e. The number of carbonyl (C=O) groups excluding carboxylic acids is 1. The summed E-state index contributed by atoms with van der Waals surface area (Å²) in [7, 11) is 0. The van der Waals surface area contributed by atoms with Crippen LogP contribution in [0.1, 0.15) is 45.1 Å². The van der Waals surface area contributed by atoms with E-state index >= 15 is 0 Å². The van der Waals surface area contributed by atoms with E-state index < -0.39 is 5.41 Å². The fourth-order valence-corrected chi connectivity index (χ4v) is 2.63. The molecule has 1 saturated carbocycles. The molecular formula is C15H20ClNO. The maximum absolute atomic E-state index is 12.4. The summed E-state index contributed by atoms with van der Waals surface area (Å²) in [5, 5.41) is 3.83. The number of benzene rings is 1. The van der Waals surface area contributed by atoms with Crippen LogP contribution in [0.25, 0.3) is 0 Å². The molecule has 0 atom stereocenters. The lowest BCUT2D eigenvalue weighted by Gasteiger charge is -2.26. The highest BCUT2D eigenvalue weighted by Crippen LogP contribution is 2.27. The monoisotopic (exact) mass is 265 g/mol. The van der Waals surface area contributed by atoms with Crippen LogP contribution in [0.3, 0.4) is 0 Å². The van der Waals surface area contributed by atoms with E-state index in [1.165, 1.54) is 12.8 Å². The minimum absolute atomic E-state index is 0.0941. The number of rotatable bonds is 3. The van der Waals surface area contributed by atoms with Gasteiger partial charge in [0.1, 0.15) is 0 Å². The molecule has 0 unspecified atom stereocenters. The Morgan fingerprint density at radius 3 is 2.61 bits per heavy atom. The third-order valence-electron chi connectivity index (χ3n) is 3.80. The van der Waals surface area contributed by atoms with Crippen molar-refractivity contribution in [2.75, 3.05) is 0 Å². The van der Waals surface area contributed by atoms with E-state index in [-0.39, 0.29) is 5.91 Å². The van der Waals surface area contributed by atoms with E-state index in [0.29, 0.717) is 11.1 Å². The summed E-state index contributed by atoms with van der Waals surface area (Å²) in [6.07, 6.45) is 4.67. The van der Waals surface area contributed by atoms with Crippen LogP contribution in [0, 0.1) is 0 Å². The van der Waals surface area contributed by atoms with Gasteiger partial charge in [-0.05, 0) is 44.4 Å². The first kappa shape index (κ1) is 13.4. The van der Waals surface area contributed by atoms with Gasteiger partial charge in [0.05, 0.1) is 5.41 Å². The molecular weight excluding hydrogens is 246 g/mol. The lowest BCUT2D eigenvalue weighted by molar-refractivity contribution is -0.126. The van der Waals surface area contributed by atoms with Gasteiger partial charge in [-0.1, -0.05) is 36.6 Å². The second kappa shape index (κ2) is 5.31. The number of hydrogen-bond acceptors (Lipinski definition) is 1. The smallest absolute Gasteiger partial charge is 0.230 e. The van der Waals surface area contributed by atoms with Crippen molar-refractivity contribution in [3.05, 3.63) is 34.9 Å². The van der Waals surface area contributed by atoms with Crippen LogP contribution in [0.4, 0.5) is 0 Å². The van der Waals surface area contributed by atoms with Crippen molar-refractivity contribution in [2.24, 2.45) is 0 Å². The minimum Gasteiger partial charge on any atom is -0.353 e. The lowest BCUT2D eigenvalue weighted by Crippen LogP contribution is -2.44. The normalized spacial score (nSPS) is 16.8. The first-order chi connectivity index (χ1) is 8.50. The van der Waals surface area contributed by atoms with Gasteiger partial charge < -0.3 is 5.32 Å². The number of nitrogens with one attached hydrogen (secondary N) is 1. The van der Waals surface area contributed by atoms with Crippen LogP contribution >= 0.6 is 11.6 Å². The van der Waals surface area contributed by atoms with Crippen LogP contribution in [0.15, 0.2) is 24.3 Å². The zero-order valence-corrected chi connectivity index (χ0v) is 11.8. The second-order valence-corrected chi connectivity index (χ2v) is 6.03. The van der Waals surface area contributed by atoms with Gasteiger partial charge in [0.15, 0.2) is 0 Å². The average molecular weight is 266 g/mol. The van der Waals surface area contributed by atoms with E-state index in [2.05, 4.69) is 5.32 Å². The molecule has 0 saturated heterocycles. The number of carbonyl (C=O) groups is 1. The third kappa shape index (κ3) is 2.86. The quantitative estimate of drug-likeness (QED) is 0.888. The summed E-state index contributed by atoms with van der Waals surface area (Å²) in [4.78, 5) is 12.4. The SMILES string of the molecule is CC(C)(C(=O)NC1CCCC1)c1cccc(Cl)c1. The summed E-state index contributed by atoms with van der Waals surface area (Å²) >= 11 is 5.99. The van der Waals surface area contributed by atoms with Crippen molar-refractivity contribution < 1.29 is 4.79 Å². The summed E-state index contributed by atoms with van der Waals surface area (Å²) in [6.45, 7) is 3.89. The molecule has 1 aromatic carbocycles. The Bertz CT molecular complexity index is 436. The van der Waals surface area contributed by atoms with Gasteiger partial charge in [-0.15, -0.1) is 0 Å². The predicted octanol–water partition coefficient (Wildman–Crippen LogP) is 3.68. The van der Waals surface area contributed by atoms with Gasteiger partial charge in [-0.2, -0.15) is 0 Å². The fraction of sp³-hybridized carbons (Fsp3) is 0.533. The summed E-state index contributed by atoms with van der Waals surface area (Å²) in [5.41, 5.74) is 0.429. The molecule has 18 heavy (non-hydrogen) atoms. The molecule has 1 amide bonds. The Balaban J connectivity index is 2.11. The van der Waals surface area contributed by atoms with Crippen LogP contribution < -0.4 is 5.32 Å². The van der Waals surface area contributed by atoms with Gasteiger partial charge in [0, 0.05) is 11.1 Å². The van der Waals surface area contributed by atoms with Crippen LogP contribution in [-0.2, 0) is 10.2 Å². The molecule has 0 bridgehead atoms. The second-order valence-electron chi connectivity index (χ2n) is 5.59. The predicted molar refractivity (Wildman–Crippen MR) is 74.9 cm³/mol. The molecule has 0 spiro atoms. The maximum Gasteiger partial charge on any atom is 0.230 e. The van der Waals surface area contributed by atoms with Crippen LogP contribution in [-0.4, -0.2) is 11.9 Å². The Hall–Kier alpha value is -1.02. The van der Waals surface area contributed by atoms with Crippen molar-refractivity contribution in [3.63, 3.8) is 0 Å². The minimum atomic E-state index is -0.534. The zero-order chi connectivity index (χ0) is 13.2. The molecule has 1 aliphatic rings. The number of hydrogen-bond donors (Lipinski definition) is 1. The molecule has 2 nitrogen and oxygen atoms in total. The summed E-state index contributed by atoms with van der Waals surface area (Å²) in [6, 6.07) is 7.91. The zero-order valence-electron chi connectivity index (χ0n) is 11.0. The number of halogens is 1. The van der Waals surface area contributed by atoms with E-state index in [0.717, 1.165) is 18.4 Å². The first-order valence-electron chi connectivity index (χ1n) is 6.57. The van der Waals surface area contributed by atoms with E-state index in [1.54, 1.807) is 0 Å². The van der Waals surface area contributed by atoms with Crippen molar-refractivity contribution in [3.8, 4) is 0 Å². The highest BCUT2D eigenvalue weighted by molar-refractivity contribution is 6.30. The molecule has 98 valence electrons.